The Labute approximate surface area is 167 Å². The second-order valence-electron chi connectivity index (χ2n) is 7.87. The fourth-order valence-electron chi connectivity index (χ4n) is 4.54. The zero-order chi connectivity index (χ0) is 18.3. The van der Waals surface area contributed by atoms with Gasteiger partial charge in [0.05, 0.1) is 4.90 Å². The van der Waals surface area contributed by atoms with Crippen molar-refractivity contribution in [3.05, 3.63) is 29.8 Å². The highest BCUT2D eigenvalue weighted by Gasteiger charge is 2.38. The molecular weight excluding hydrogens is 386 g/mol. The third-order valence-corrected chi connectivity index (χ3v) is 8.15. The topological polar surface area (TPSA) is 69.7 Å². The van der Waals surface area contributed by atoms with Crippen molar-refractivity contribution in [2.75, 3.05) is 32.7 Å². The van der Waals surface area contributed by atoms with Crippen LogP contribution in [0.15, 0.2) is 29.2 Å². The molecular formula is C19H28ClN3O3S. The van der Waals surface area contributed by atoms with Gasteiger partial charge in [0, 0.05) is 44.3 Å². The van der Waals surface area contributed by atoms with Crippen molar-refractivity contribution in [2.45, 2.75) is 37.1 Å². The summed E-state index contributed by atoms with van der Waals surface area (Å²) in [5.41, 5.74) is 0.573. The molecule has 4 rings (SSSR count). The SMILES string of the molecule is CC1CCCCN1S(=O)(=O)c1ccc(C(=O)N2C[C@H]3CNC[C@H]3C2)cc1.Cl. The van der Waals surface area contributed by atoms with Crippen molar-refractivity contribution in [3.8, 4) is 0 Å². The van der Waals surface area contributed by atoms with Gasteiger partial charge < -0.3 is 10.2 Å². The van der Waals surface area contributed by atoms with Crippen molar-refractivity contribution in [2.24, 2.45) is 11.8 Å². The van der Waals surface area contributed by atoms with Gasteiger partial charge in [-0.15, -0.1) is 12.4 Å². The summed E-state index contributed by atoms with van der Waals surface area (Å²) in [7, 11) is -3.48. The maximum Gasteiger partial charge on any atom is 0.253 e. The van der Waals surface area contributed by atoms with Crippen LogP contribution in [-0.4, -0.2) is 62.3 Å². The summed E-state index contributed by atoms with van der Waals surface area (Å²) >= 11 is 0. The van der Waals surface area contributed by atoms with Crippen molar-refractivity contribution in [1.82, 2.24) is 14.5 Å². The van der Waals surface area contributed by atoms with Crippen molar-refractivity contribution in [3.63, 3.8) is 0 Å². The Kier molecular flexibility index (Phi) is 6.15. The lowest BCUT2D eigenvalue weighted by Gasteiger charge is -2.32. The van der Waals surface area contributed by atoms with Gasteiger partial charge in [-0.25, -0.2) is 8.42 Å². The van der Waals surface area contributed by atoms with E-state index in [1.165, 1.54) is 0 Å². The molecule has 0 aromatic heterocycles. The number of fused-ring (bicyclic) bond motifs is 1. The Bertz CT molecular complexity index is 772. The number of carbonyl (C=O) groups excluding carboxylic acids is 1. The van der Waals surface area contributed by atoms with E-state index in [2.05, 4.69) is 5.32 Å². The van der Waals surface area contributed by atoms with Crippen LogP contribution in [0.4, 0.5) is 0 Å². The largest absolute Gasteiger partial charge is 0.338 e. The van der Waals surface area contributed by atoms with E-state index < -0.39 is 10.0 Å². The normalized spacial score (nSPS) is 28.6. The van der Waals surface area contributed by atoms with Gasteiger partial charge in [-0.1, -0.05) is 6.42 Å². The van der Waals surface area contributed by atoms with Crippen molar-refractivity contribution < 1.29 is 13.2 Å². The van der Waals surface area contributed by atoms with Gasteiger partial charge in [0.2, 0.25) is 10.0 Å². The summed E-state index contributed by atoms with van der Waals surface area (Å²) in [6.45, 7) is 6.10. The Hall–Kier alpha value is -1.15. The summed E-state index contributed by atoms with van der Waals surface area (Å²) in [5.74, 6) is 1.12. The number of benzene rings is 1. The van der Waals surface area contributed by atoms with Crippen LogP contribution >= 0.6 is 12.4 Å². The summed E-state index contributed by atoms with van der Waals surface area (Å²) in [4.78, 5) is 14.9. The van der Waals surface area contributed by atoms with Crippen LogP contribution in [0.5, 0.6) is 0 Å². The Morgan fingerprint density at radius 2 is 1.70 bits per heavy atom. The maximum atomic E-state index is 12.9. The number of nitrogens with zero attached hydrogens (tertiary/aromatic N) is 2. The van der Waals surface area contributed by atoms with E-state index in [9.17, 15) is 13.2 Å². The minimum atomic E-state index is -3.48. The fourth-order valence-corrected chi connectivity index (χ4v) is 6.24. The molecule has 0 bridgehead atoms. The van der Waals surface area contributed by atoms with Gasteiger partial charge >= 0.3 is 0 Å². The van der Waals surface area contributed by atoms with Crippen molar-refractivity contribution in [1.29, 1.82) is 0 Å². The fraction of sp³-hybridized carbons (Fsp3) is 0.632. The number of sulfonamides is 1. The number of halogens is 1. The van der Waals surface area contributed by atoms with E-state index in [-0.39, 0.29) is 29.3 Å². The van der Waals surface area contributed by atoms with Crippen molar-refractivity contribution >= 4 is 28.3 Å². The highest BCUT2D eigenvalue weighted by molar-refractivity contribution is 7.89. The lowest BCUT2D eigenvalue weighted by Crippen LogP contribution is -2.41. The summed E-state index contributed by atoms with van der Waals surface area (Å²) < 4.78 is 27.4. The molecule has 3 heterocycles. The smallest absolute Gasteiger partial charge is 0.253 e. The van der Waals surface area contributed by atoms with Crippen LogP contribution in [0, 0.1) is 11.8 Å². The van der Waals surface area contributed by atoms with E-state index in [1.54, 1.807) is 28.6 Å². The molecule has 3 aliphatic rings. The van der Waals surface area contributed by atoms with E-state index >= 15 is 0 Å². The molecule has 3 fully saturated rings. The number of carbonyl (C=O) groups is 1. The first-order chi connectivity index (χ1) is 12.5. The van der Waals surface area contributed by atoms with Gasteiger partial charge in [0.25, 0.3) is 5.91 Å². The Morgan fingerprint density at radius 1 is 1.07 bits per heavy atom. The number of nitrogens with one attached hydrogen (secondary N) is 1. The highest BCUT2D eigenvalue weighted by Crippen LogP contribution is 2.28. The second kappa shape index (κ2) is 8.07. The number of rotatable bonds is 3. The zero-order valence-electron chi connectivity index (χ0n) is 15.6. The number of piperidine rings is 1. The number of amides is 1. The molecule has 0 radical (unpaired) electrons. The summed E-state index contributed by atoms with van der Waals surface area (Å²) in [6, 6.07) is 6.53. The van der Waals surface area contributed by atoms with Crippen LogP contribution in [0.3, 0.4) is 0 Å². The number of hydrogen-bond donors (Lipinski definition) is 1. The van der Waals surface area contributed by atoms with E-state index in [1.807, 2.05) is 11.8 Å². The molecule has 150 valence electrons. The zero-order valence-corrected chi connectivity index (χ0v) is 17.3. The van der Waals surface area contributed by atoms with E-state index in [0.29, 0.717) is 23.9 Å². The van der Waals surface area contributed by atoms with Gasteiger partial charge in [0.1, 0.15) is 0 Å². The average Bonchev–Trinajstić information content (AvgIpc) is 3.23. The van der Waals surface area contributed by atoms with E-state index in [4.69, 9.17) is 0 Å². The number of hydrogen-bond acceptors (Lipinski definition) is 4. The molecule has 1 amide bonds. The predicted octanol–water partition coefficient (Wildman–Crippen LogP) is 1.96. The van der Waals surface area contributed by atoms with Crippen LogP contribution in [0.25, 0.3) is 0 Å². The van der Waals surface area contributed by atoms with Crippen LogP contribution in [0.2, 0.25) is 0 Å². The van der Waals surface area contributed by atoms with E-state index in [0.717, 1.165) is 45.4 Å². The monoisotopic (exact) mass is 413 g/mol. The molecule has 6 nitrogen and oxygen atoms in total. The molecule has 3 saturated heterocycles. The molecule has 1 unspecified atom stereocenters. The minimum Gasteiger partial charge on any atom is -0.338 e. The van der Waals surface area contributed by atoms with Crippen LogP contribution in [-0.2, 0) is 10.0 Å². The van der Waals surface area contributed by atoms with Gasteiger partial charge in [0.15, 0.2) is 0 Å². The second-order valence-corrected chi connectivity index (χ2v) is 9.76. The first kappa shape index (κ1) is 20.6. The predicted molar refractivity (Wildman–Crippen MR) is 107 cm³/mol. The molecule has 27 heavy (non-hydrogen) atoms. The molecule has 1 aromatic rings. The summed E-state index contributed by atoms with van der Waals surface area (Å²) in [6.07, 6.45) is 2.89. The Morgan fingerprint density at radius 3 is 2.30 bits per heavy atom. The maximum absolute atomic E-state index is 12.9. The standard InChI is InChI=1S/C19H27N3O3S.ClH/c1-14-4-2-3-9-22(14)26(24,25)18-7-5-15(6-8-18)19(23)21-12-16-10-20-11-17(16)13-21;/h5-8,14,16-17,20H,2-4,9-13H2,1H3;1H/t14?,16-,17+;. The molecule has 3 aliphatic heterocycles. The van der Waals surface area contributed by atoms with Gasteiger partial charge in [-0.2, -0.15) is 4.31 Å². The van der Waals surface area contributed by atoms with Gasteiger partial charge in [-0.3, -0.25) is 4.79 Å². The quantitative estimate of drug-likeness (QED) is 0.822. The van der Waals surface area contributed by atoms with Gasteiger partial charge in [-0.05, 0) is 55.9 Å². The lowest BCUT2D eigenvalue weighted by atomic mass is 10.0. The first-order valence-electron chi connectivity index (χ1n) is 9.59. The number of likely N-dealkylation sites (tertiary alicyclic amines) is 1. The molecule has 0 spiro atoms. The molecule has 1 N–H and O–H groups in total. The van der Waals surface area contributed by atoms with Crippen LogP contribution in [0.1, 0.15) is 36.5 Å². The minimum absolute atomic E-state index is 0. The first-order valence-corrected chi connectivity index (χ1v) is 11.0. The third-order valence-electron chi connectivity index (χ3n) is 6.13. The highest BCUT2D eigenvalue weighted by atomic mass is 35.5. The lowest BCUT2D eigenvalue weighted by molar-refractivity contribution is 0.0781. The average molecular weight is 414 g/mol. The Balaban J connectivity index is 0.00000210. The molecule has 8 heteroatoms. The molecule has 3 atom stereocenters. The summed E-state index contributed by atoms with van der Waals surface area (Å²) in [5, 5.41) is 3.37. The third kappa shape index (κ3) is 3.88. The molecule has 0 aliphatic carbocycles. The molecule has 0 saturated carbocycles. The van der Waals surface area contributed by atoms with Crippen LogP contribution < -0.4 is 5.32 Å². The molecule has 1 aromatic carbocycles.